The maximum absolute atomic E-state index is 10.9. The molecule has 0 bridgehead atoms. The molecule has 0 spiro atoms. The number of aromatic carboxylic acids is 1. The maximum atomic E-state index is 10.9. The van der Waals surface area contributed by atoms with E-state index in [4.69, 9.17) is 5.11 Å². The molecule has 5 nitrogen and oxygen atoms in total. The van der Waals surface area contributed by atoms with E-state index in [1.54, 1.807) is 31.4 Å². The van der Waals surface area contributed by atoms with Gasteiger partial charge in [0.1, 0.15) is 11.4 Å². The van der Waals surface area contributed by atoms with Gasteiger partial charge in [-0.05, 0) is 18.2 Å². The molecule has 2 aromatic rings. The monoisotopic (exact) mass is 203 g/mol. The molecule has 76 valence electrons. The molecule has 0 aliphatic rings. The Bertz CT molecular complexity index is 525. The van der Waals surface area contributed by atoms with Gasteiger partial charge in [0.05, 0.1) is 0 Å². The van der Waals surface area contributed by atoms with Crippen molar-refractivity contribution < 1.29 is 9.90 Å². The SMILES string of the molecule is CNc1nc2ncccc2cc1C(=O)O. The van der Waals surface area contributed by atoms with Gasteiger partial charge in [0, 0.05) is 18.6 Å². The number of anilines is 1. The van der Waals surface area contributed by atoms with E-state index < -0.39 is 5.97 Å². The average Bonchev–Trinajstić information content (AvgIpc) is 2.27. The van der Waals surface area contributed by atoms with Crippen LogP contribution in [0.3, 0.4) is 0 Å². The Morgan fingerprint density at radius 1 is 1.53 bits per heavy atom. The van der Waals surface area contributed by atoms with Crippen molar-refractivity contribution in [3.63, 3.8) is 0 Å². The molecule has 0 saturated carbocycles. The standard InChI is InChI=1S/C10H9N3O2/c1-11-9-7(10(14)15)5-6-3-2-4-12-8(6)13-9/h2-5H,1H3,(H,14,15)(H,11,12,13). The van der Waals surface area contributed by atoms with E-state index in [1.807, 2.05) is 0 Å². The van der Waals surface area contributed by atoms with Crippen molar-refractivity contribution in [3.8, 4) is 0 Å². The maximum Gasteiger partial charge on any atom is 0.339 e. The molecule has 2 heterocycles. The molecule has 0 aliphatic heterocycles. The predicted octanol–water partition coefficient (Wildman–Crippen LogP) is 1.37. The molecule has 2 aromatic heterocycles. The van der Waals surface area contributed by atoms with Crippen LogP contribution in [0.25, 0.3) is 11.0 Å². The van der Waals surface area contributed by atoms with Crippen LogP contribution in [-0.2, 0) is 0 Å². The van der Waals surface area contributed by atoms with Gasteiger partial charge >= 0.3 is 5.97 Å². The minimum atomic E-state index is -1.00. The summed E-state index contributed by atoms with van der Waals surface area (Å²) >= 11 is 0. The number of carboxylic acid groups (broad SMARTS) is 1. The molecule has 0 atom stereocenters. The second-order valence-electron chi connectivity index (χ2n) is 2.99. The second-order valence-corrected chi connectivity index (χ2v) is 2.99. The fourth-order valence-electron chi connectivity index (χ4n) is 1.36. The Morgan fingerprint density at radius 2 is 2.33 bits per heavy atom. The summed E-state index contributed by atoms with van der Waals surface area (Å²) in [5.41, 5.74) is 0.685. The van der Waals surface area contributed by atoms with Crippen molar-refractivity contribution >= 4 is 22.8 Å². The third-order valence-electron chi connectivity index (χ3n) is 2.06. The number of fused-ring (bicyclic) bond motifs is 1. The van der Waals surface area contributed by atoms with E-state index in [1.165, 1.54) is 0 Å². The van der Waals surface area contributed by atoms with E-state index >= 15 is 0 Å². The number of pyridine rings is 2. The predicted molar refractivity (Wildman–Crippen MR) is 56.0 cm³/mol. The van der Waals surface area contributed by atoms with Crippen LogP contribution in [0.1, 0.15) is 10.4 Å². The van der Waals surface area contributed by atoms with Crippen LogP contribution < -0.4 is 5.32 Å². The lowest BCUT2D eigenvalue weighted by molar-refractivity contribution is 0.0698. The largest absolute Gasteiger partial charge is 0.478 e. The highest BCUT2D eigenvalue weighted by Gasteiger charge is 2.12. The minimum absolute atomic E-state index is 0.151. The second kappa shape index (κ2) is 3.53. The molecule has 0 unspecified atom stereocenters. The first-order valence-electron chi connectivity index (χ1n) is 4.39. The first kappa shape index (κ1) is 9.39. The summed E-state index contributed by atoms with van der Waals surface area (Å²) in [5, 5.41) is 12.4. The lowest BCUT2D eigenvalue weighted by Crippen LogP contribution is -2.05. The van der Waals surface area contributed by atoms with Gasteiger partial charge in [0.2, 0.25) is 0 Å². The van der Waals surface area contributed by atoms with Crippen molar-refractivity contribution in [2.24, 2.45) is 0 Å². The molecule has 0 fully saturated rings. The van der Waals surface area contributed by atoms with Gasteiger partial charge < -0.3 is 10.4 Å². The molecule has 0 radical (unpaired) electrons. The van der Waals surface area contributed by atoms with Gasteiger partial charge in [0.15, 0.2) is 5.65 Å². The molecular formula is C10H9N3O2. The van der Waals surface area contributed by atoms with E-state index in [0.29, 0.717) is 16.9 Å². The summed E-state index contributed by atoms with van der Waals surface area (Å²) in [4.78, 5) is 19.1. The minimum Gasteiger partial charge on any atom is -0.478 e. The van der Waals surface area contributed by atoms with Gasteiger partial charge in [-0.1, -0.05) is 0 Å². The molecule has 5 heteroatoms. The number of hydrogen-bond acceptors (Lipinski definition) is 4. The van der Waals surface area contributed by atoms with Crippen LogP contribution in [0.2, 0.25) is 0 Å². The number of carbonyl (C=O) groups is 1. The van der Waals surface area contributed by atoms with E-state index in [2.05, 4.69) is 15.3 Å². The van der Waals surface area contributed by atoms with Gasteiger partial charge in [-0.2, -0.15) is 0 Å². The fraction of sp³-hybridized carbons (Fsp3) is 0.100. The molecular weight excluding hydrogens is 194 g/mol. The summed E-state index contributed by atoms with van der Waals surface area (Å²) in [5.74, 6) is -0.675. The fourth-order valence-corrected chi connectivity index (χ4v) is 1.36. The van der Waals surface area contributed by atoms with Gasteiger partial charge in [-0.15, -0.1) is 0 Å². The van der Waals surface area contributed by atoms with E-state index in [-0.39, 0.29) is 5.56 Å². The Morgan fingerprint density at radius 3 is 3.00 bits per heavy atom. The quantitative estimate of drug-likeness (QED) is 0.770. The zero-order chi connectivity index (χ0) is 10.8. The van der Waals surface area contributed by atoms with Crippen molar-refractivity contribution in [1.82, 2.24) is 9.97 Å². The summed E-state index contributed by atoms with van der Waals surface area (Å²) in [6.07, 6.45) is 1.62. The number of aromatic nitrogens is 2. The highest BCUT2D eigenvalue weighted by molar-refractivity contribution is 5.97. The Labute approximate surface area is 85.8 Å². The molecule has 15 heavy (non-hydrogen) atoms. The van der Waals surface area contributed by atoms with E-state index in [0.717, 1.165) is 0 Å². The Hall–Kier alpha value is -2.17. The smallest absolute Gasteiger partial charge is 0.339 e. The third kappa shape index (κ3) is 1.59. The van der Waals surface area contributed by atoms with Crippen LogP contribution in [0.5, 0.6) is 0 Å². The third-order valence-corrected chi connectivity index (χ3v) is 2.06. The summed E-state index contributed by atoms with van der Waals surface area (Å²) < 4.78 is 0. The number of nitrogens with one attached hydrogen (secondary N) is 1. The van der Waals surface area contributed by atoms with Gasteiger partial charge in [0.25, 0.3) is 0 Å². The summed E-state index contributed by atoms with van der Waals surface area (Å²) in [6.45, 7) is 0. The zero-order valence-electron chi connectivity index (χ0n) is 8.06. The van der Waals surface area contributed by atoms with E-state index in [9.17, 15) is 4.79 Å². The lowest BCUT2D eigenvalue weighted by Gasteiger charge is -2.05. The average molecular weight is 203 g/mol. The van der Waals surface area contributed by atoms with Crippen LogP contribution in [0.4, 0.5) is 5.82 Å². The van der Waals surface area contributed by atoms with Gasteiger partial charge in [-0.3, -0.25) is 0 Å². The number of hydrogen-bond donors (Lipinski definition) is 2. The number of carboxylic acids is 1. The molecule has 2 N–H and O–H groups in total. The molecule has 2 rings (SSSR count). The van der Waals surface area contributed by atoms with Crippen molar-refractivity contribution in [3.05, 3.63) is 30.0 Å². The Kier molecular flexibility index (Phi) is 2.21. The molecule has 0 amide bonds. The normalized spacial score (nSPS) is 10.2. The zero-order valence-corrected chi connectivity index (χ0v) is 8.06. The highest BCUT2D eigenvalue weighted by atomic mass is 16.4. The van der Waals surface area contributed by atoms with Crippen LogP contribution >= 0.6 is 0 Å². The summed E-state index contributed by atoms with van der Waals surface area (Å²) in [6, 6.07) is 5.08. The lowest BCUT2D eigenvalue weighted by atomic mass is 10.2. The highest BCUT2D eigenvalue weighted by Crippen LogP contribution is 2.18. The molecule has 0 aliphatic carbocycles. The van der Waals surface area contributed by atoms with Crippen LogP contribution in [-0.4, -0.2) is 28.1 Å². The first-order chi connectivity index (χ1) is 7.22. The number of rotatable bonds is 2. The van der Waals surface area contributed by atoms with Crippen molar-refractivity contribution in [2.45, 2.75) is 0 Å². The van der Waals surface area contributed by atoms with Crippen molar-refractivity contribution in [2.75, 3.05) is 12.4 Å². The van der Waals surface area contributed by atoms with Crippen LogP contribution in [0, 0.1) is 0 Å². The molecule has 0 saturated heterocycles. The van der Waals surface area contributed by atoms with Crippen molar-refractivity contribution in [1.29, 1.82) is 0 Å². The number of nitrogens with zero attached hydrogens (tertiary/aromatic N) is 2. The topological polar surface area (TPSA) is 75.1 Å². The summed E-state index contributed by atoms with van der Waals surface area (Å²) in [7, 11) is 1.63. The van der Waals surface area contributed by atoms with Crippen LogP contribution in [0.15, 0.2) is 24.4 Å². The first-order valence-corrected chi connectivity index (χ1v) is 4.39. The Balaban J connectivity index is 2.74. The molecule has 0 aromatic carbocycles. The van der Waals surface area contributed by atoms with Gasteiger partial charge in [-0.25, -0.2) is 14.8 Å².